The van der Waals surface area contributed by atoms with E-state index in [1.54, 1.807) is 6.92 Å². The van der Waals surface area contributed by atoms with Crippen molar-refractivity contribution >= 4 is 16.0 Å². The molecule has 0 spiro atoms. The topological polar surface area (TPSA) is 86.5 Å². The SMILES string of the molecule is CC(C)CC(C)OC(=O)c1ccc(F)c(S(N)(=O)=O)c1. The van der Waals surface area contributed by atoms with Crippen molar-refractivity contribution in [1.29, 1.82) is 0 Å². The lowest BCUT2D eigenvalue weighted by molar-refractivity contribution is 0.0299. The van der Waals surface area contributed by atoms with Crippen LogP contribution < -0.4 is 5.14 Å². The normalized spacial score (nSPS) is 13.3. The Hall–Kier alpha value is -1.47. The van der Waals surface area contributed by atoms with Crippen molar-refractivity contribution < 1.29 is 22.3 Å². The van der Waals surface area contributed by atoms with Gasteiger partial charge in [-0.3, -0.25) is 0 Å². The first-order chi connectivity index (χ1) is 9.11. The molecular formula is C13H18FNO4S. The highest BCUT2D eigenvalue weighted by molar-refractivity contribution is 7.89. The molecule has 0 bridgehead atoms. The van der Waals surface area contributed by atoms with E-state index < -0.39 is 26.7 Å². The summed E-state index contributed by atoms with van der Waals surface area (Å²) in [6.07, 6.45) is 0.361. The first kappa shape index (κ1) is 16.6. The van der Waals surface area contributed by atoms with Crippen molar-refractivity contribution in [2.75, 3.05) is 0 Å². The maximum atomic E-state index is 13.4. The number of rotatable bonds is 5. The number of halogens is 1. The van der Waals surface area contributed by atoms with Gasteiger partial charge in [0.2, 0.25) is 10.0 Å². The molecule has 7 heteroatoms. The standard InChI is InChI=1S/C13H18FNO4S/c1-8(2)6-9(3)19-13(16)10-4-5-11(14)12(7-10)20(15,17)18/h4-5,7-9H,6H2,1-3H3,(H2,15,17,18). The summed E-state index contributed by atoms with van der Waals surface area (Å²) in [5.74, 6) is -1.35. The Kier molecular flexibility index (Phi) is 5.24. The zero-order valence-electron chi connectivity index (χ0n) is 11.6. The van der Waals surface area contributed by atoms with E-state index in [4.69, 9.17) is 9.88 Å². The molecule has 0 radical (unpaired) electrons. The Bertz CT molecular complexity index is 598. The highest BCUT2D eigenvalue weighted by Crippen LogP contribution is 2.17. The highest BCUT2D eigenvalue weighted by atomic mass is 32.2. The molecular weight excluding hydrogens is 285 g/mol. The first-order valence-electron chi connectivity index (χ1n) is 6.14. The van der Waals surface area contributed by atoms with E-state index in [1.807, 2.05) is 13.8 Å². The predicted octanol–water partition coefficient (Wildman–Crippen LogP) is 2.06. The van der Waals surface area contributed by atoms with Crippen LogP contribution >= 0.6 is 0 Å². The lowest BCUT2D eigenvalue weighted by atomic mass is 10.1. The van der Waals surface area contributed by atoms with Crippen LogP contribution in [0.2, 0.25) is 0 Å². The maximum Gasteiger partial charge on any atom is 0.338 e. The summed E-state index contributed by atoms with van der Waals surface area (Å²) in [6, 6.07) is 2.92. The fraction of sp³-hybridized carbons (Fsp3) is 0.462. The molecule has 0 amide bonds. The maximum absolute atomic E-state index is 13.4. The van der Waals surface area contributed by atoms with Gasteiger partial charge in [0.15, 0.2) is 0 Å². The van der Waals surface area contributed by atoms with Gasteiger partial charge in [-0.25, -0.2) is 22.7 Å². The van der Waals surface area contributed by atoms with Gasteiger partial charge in [0.05, 0.1) is 11.7 Å². The second-order valence-corrected chi connectivity index (χ2v) is 6.57. The molecule has 1 aromatic rings. The van der Waals surface area contributed by atoms with Gasteiger partial charge in [-0.1, -0.05) is 13.8 Å². The minimum absolute atomic E-state index is 0.0500. The molecule has 1 rings (SSSR count). The minimum Gasteiger partial charge on any atom is -0.459 e. The van der Waals surface area contributed by atoms with Crippen LogP contribution in [0.15, 0.2) is 23.1 Å². The number of ether oxygens (including phenoxy) is 1. The van der Waals surface area contributed by atoms with Gasteiger partial charge >= 0.3 is 5.97 Å². The van der Waals surface area contributed by atoms with Crippen LogP contribution in [0.4, 0.5) is 4.39 Å². The van der Waals surface area contributed by atoms with E-state index in [0.717, 1.165) is 18.2 Å². The fourth-order valence-corrected chi connectivity index (χ4v) is 2.44. The third-order valence-corrected chi connectivity index (χ3v) is 3.51. The number of esters is 1. The van der Waals surface area contributed by atoms with Gasteiger partial charge < -0.3 is 4.74 Å². The van der Waals surface area contributed by atoms with Crippen molar-refractivity contribution in [1.82, 2.24) is 0 Å². The molecule has 1 unspecified atom stereocenters. The second-order valence-electron chi connectivity index (χ2n) is 5.04. The Morgan fingerprint density at radius 1 is 1.35 bits per heavy atom. The Morgan fingerprint density at radius 2 is 1.95 bits per heavy atom. The smallest absolute Gasteiger partial charge is 0.338 e. The number of hydrogen-bond acceptors (Lipinski definition) is 4. The molecule has 0 aromatic heterocycles. The third kappa shape index (κ3) is 4.57. The number of benzene rings is 1. The fourth-order valence-electron chi connectivity index (χ4n) is 1.81. The molecule has 0 heterocycles. The summed E-state index contributed by atoms with van der Waals surface area (Å²) in [4.78, 5) is 11.1. The van der Waals surface area contributed by atoms with E-state index in [1.165, 1.54) is 0 Å². The van der Waals surface area contributed by atoms with Crippen LogP contribution in [0.25, 0.3) is 0 Å². The summed E-state index contributed by atoms with van der Waals surface area (Å²) < 4.78 is 40.9. The largest absolute Gasteiger partial charge is 0.459 e. The molecule has 20 heavy (non-hydrogen) atoms. The number of sulfonamides is 1. The number of nitrogens with two attached hydrogens (primary N) is 1. The second kappa shape index (κ2) is 6.32. The van der Waals surface area contributed by atoms with Gasteiger partial charge in [0.25, 0.3) is 0 Å². The number of hydrogen-bond donors (Lipinski definition) is 1. The lowest BCUT2D eigenvalue weighted by Crippen LogP contribution is -2.19. The Balaban J connectivity index is 2.95. The number of carbonyl (C=O) groups is 1. The minimum atomic E-state index is -4.22. The third-order valence-electron chi connectivity index (χ3n) is 2.58. The van der Waals surface area contributed by atoms with Crippen LogP contribution in [0.1, 0.15) is 37.6 Å². The van der Waals surface area contributed by atoms with Gasteiger partial charge in [0, 0.05) is 0 Å². The van der Waals surface area contributed by atoms with Crippen molar-refractivity contribution in [3.05, 3.63) is 29.6 Å². The van der Waals surface area contributed by atoms with E-state index in [9.17, 15) is 17.6 Å². The zero-order valence-corrected chi connectivity index (χ0v) is 12.4. The van der Waals surface area contributed by atoms with Gasteiger partial charge in [-0.2, -0.15) is 0 Å². The molecule has 0 saturated heterocycles. The van der Waals surface area contributed by atoms with Crippen molar-refractivity contribution in [3.63, 3.8) is 0 Å². The molecule has 0 saturated carbocycles. The number of primary sulfonamides is 1. The first-order valence-corrected chi connectivity index (χ1v) is 7.69. The summed E-state index contributed by atoms with van der Waals surface area (Å²) in [7, 11) is -4.22. The van der Waals surface area contributed by atoms with Crippen molar-refractivity contribution in [3.8, 4) is 0 Å². The average molecular weight is 303 g/mol. The molecule has 0 fully saturated rings. The van der Waals surface area contributed by atoms with Crippen LogP contribution in [0.5, 0.6) is 0 Å². The molecule has 1 atom stereocenters. The molecule has 0 aliphatic rings. The highest BCUT2D eigenvalue weighted by Gasteiger charge is 2.19. The summed E-state index contributed by atoms with van der Waals surface area (Å²) in [5, 5.41) is 4.87. The number of carbonyl (C=O) groups excluding carboxylic acids is 1. The van der Waals surface area contributed by atoms with Gasteiger partial charge in [-0.05, 0) is 37.5 Å². The Morgan fingerprint density at radius 3 is 2.45 bits per heavy atom. The molecule has 112 valence electrons. The van der Waals surface area contributed by atoms with Gasteiger partial charge in [-0.15, -0.1) is 0 Å². The van der Waals surface area contributed by atoms with Crippen LogP contribution in [-0.2, 0) is 14.8 Å². The van der Waals surface area contributed by atoms with Gasteiger partial charge in [0.1, 0.15) is 10.7 Å². The van der Waals surface area contributed by atoms with Crippen LogP contribution in [0, 0.1) is 11.7 Å². The van der Waals surface area contributed by atoms with Crippen molar-refractivity contribution in [2.45, 2.75) is 38.2 Å². The van der Waals surface area contributed by atoms with Crippen molar-refractivity contribution in [2.24, 2.45) is 11.1 Å². The summed E-state index contributed by atoms with van der Waals surface area (Å²) >= 11 is 0. The van der Waals surface area contributed by atoms with Crippen LogP contribution in [0.3, 0.4) is 0 Å². The molecule has 0 aliphatic carbocycles. The van der Waals surface area contributed by atoms with E-state index >= 15 is 0 Å². The summed E-state index contributed by atoms with van der Waals surface area (Å²) in [6.45, 7) is 5.71. The molecule has 0 aliphatic heterocycles. The van der Waals surface area contributed by atoms with E-state index in [0.29, 0.717) is 12.3 Å². The van der Waals surface area contributed by atoms with Crippen LogP contribution in [-0.4, -0.2) is 20.5 Å². The Labute approximate surface area is 118 Å². The average Bonchev–Trinajstić information content (AvgIpc) is 2.26. The quantitative estimate of drug-likeness (QED) is 0.844. The lowest BCUT2D eigenvalue weighted by Gasteiger charge is -2.15. The molecule has 2 N–H and O–H groups in total. The summed E-state index contributed by atoms with van der Waals surface area (Å²) in [5.41, 5.74) is -0.0500. The predicted molar refractivity (Wildman–Crippen MR) is 72.1 cm³/mol. The monoisotopic (exact) mass is 303 g/mol. The zero-order chi connectivity index (χ0) is 15.5. The molecule has 1 aromatic carbocycles. The van der Waals surface area contributed by atoms with E-state index in [-0.39, 0.29) is 11.7 Å². The molecule has 5 nitrogen and oxygen atoms in total. The van der Waals surface area contributed by atoms with E-state index in [2.05, 4.69) is 0 Å².